The van der Waals surface area contributed by atoms with Crippen molar-refractivity contribution in [3.05, 3.63) is 41.7 Å². The lowest BCUT2D eigenvalue weighted by Gasteiger charge is -2.25. The van der Waals surface area contributed by atoms with Crippen LogP contribution in [-0.2, 0) is 14.6 Å². The SMILES string of the molecule is COC(=O)c1ccc(Nc2cc(N(C)C3CCS(=O)(=O)C3)nc(C)n2)cc1. The molecule has 0 bridgehead atoms. The van der Waals surface area contributed by atoms with E-state index in [1.54, 1.807) is 37.3 Å². The zero-order valence-corrected chi connectivity index (χ0v) is 16.3. The molecule has 1 aromatic carbocycles. The monoisotopic (exact) mass is 390 g/mol. The first-order chi connectivity index (χ1) is 12.8. The van der Waals surface area contributed by atoms with E-state index in [9.17, 15) is 13.2 Å². The molecule has 1 aromatic heterocycles. The average molecular weight is 390 g/mol. The van der Waals surface area contributed by atoms with E-state index < -0.39 is 15.8 Å². The Labute approximate surface area is 158 Å². The minimum Gasteiger partial charge on any atom is -0.465 e. The van der Waals surface area contributed by atoms with Crippen LogP contribution < -0.4 is 10.2 Å². The first-order valence-corrected chi connectivity index (χ1v) is 10.3. The van der Waals surface area contributed by atoms with Gasteiger partial charge in [0.25, 0.3) is 0 Å². The number of benzene rings is 1. The number of sulfone groups is 1. The van der Waals surface area contributed by atoms with Gasteiger partial charge >= 0.3 is 5.97 Å². The van der Waals surface area contributed by atoms with Crippen molar-refractivity contribution in [3.8, 4) is 0 Å². The molecule has 144 valence electrons. The van der Waals surface area contributed by atoms with Crippen LogP contribution in [0.2, 0.25) is 0 Å². The molecule has 1 aliphatic rings. The van der Waals surface area contributed by atoms with Gasteiger partial charge in [0.15, 0.2) is 9.84 Å². The summed E-state index contributed by atoms with van der Waals surface area (Å²) in [7, 11) is 0.219. The molecule has 0 spiro atoms. The van der Waals surface area contributed by atoms with Gasteiger partial charge in [0.1, 0.15) is 17.5 Å². The lowest BCUT2D eigenvalue weighted by atomic mass is 10.2. The second-order valence-corrected chi connectivity index (χ2v) is 8.75. The van der Waals surface area contributed by atoms with E-state index in [0.29, 0.717) is 29.4 Å². The Balaban J connectivity index is 1.78. The van der Waals surface area contributed by atoms with Gasteiger partial charge in [0, 0.05) is 24.8 Å². The van der Waals surface area contributed by atoms with Crippen molar-refractivity contribution in [2.75, 3.05) is 35.9 Å². The summed E-state index contributed by atoms with van der Waals surface area (Å²) >= 11 is 0. The molecule has 1 N–H and O–H groups in total. The zero-order chi connectivity index (χ0) is 19.6. The van der Waals surface area contributed by atoms with Crippen LogP contribution in [0.1, 0.15) is 22.6 Å². The predicted octanol–water partition coefficient (Wildman–Crippen LogP) is 1.94. The number of ether oxygens (including phenoxy) is 1. The number of methoxy groups -OCH3 is 1. The molecule has 0 amide bonds. The highest BCUT2D eigenvalue weighted by Crippen LogP contribution is 2.24. The number of anilines is 3. The summed E-state index contributed by atoms with van der Waals surface area (Å²) in [6.07, 6.45) is 0.597. The third kappa shape index (κ3) is 4.54. The van der Waals surface area contributed by atoms with Gasteiger partial charge in [-0.2, -0.15) is 0 Å². The number of aromatic nitrogens is 2. The van der Waals surface area contributed by atoms with Crippen molar-refractivity contribution in [2.45, 2.75) is 19.4 Å². The van der Waals surface area contributed by atoms with Crippen LogP contribution >= 0.6 is 0 Å². The average Bonchev–Trinajstić information content (AvgIpc) is 3.00. The molecule has 1 atom stereocenters. The molecule has 2 heterocycles. The Bertz CT molecular complexity index is 944. The largest absolute Gasteiger partial charge is 0.465 e. The number of nitrogens with one attached hydrogen (secondary N) is 1. The summed E-state index contributed by atoms with van der Waals surface area (Å²) in [5, 5.41) is 3.18. The first-order valence-electron chi connectivity index (χ1n) is 8.52. The van der Waals surface area contributed by atoms with Crippen LogP contribution in [0.15, 0.2) is 30.3 Å². The molecule has 1 unspecified atom stereocenters. The second-order valence-electron chi connectivity index (χ2n) is 6.52. The third-order valence-corrected chi connectivity index (χ3v) is 6.27. The fourth-order valence-electron chi connectivity index (χ4n) is 3.02. The molecule has 3 rings (SSSR count). The maximum absolute atomic E-state index is 11.7. The standard InChI is InChI=1S/C18H22N4O4S/c1-12-19-16(21-14-6-4-13(5-7-14)18(23)26-3)10-17(20-12)22(2)15-8-9-27(24,25)11-15/h4-7,10,15H,8-9,11H2,1-3H3,(H,19,20,21). The summed E-state index contributed by atoms with van der Waals surface area (Å²) in [5.41, 5.74) is 1.22. The van der Waals surface area contributed by atoms with Crippen LogP contribution in [0.4, 0.5) is 17.3 Å². The van der Waals surface area contributed by atoms with Gasteiger partial charge < -0.3 is 15.0 Å². The lowest BCUT2D eigenvalue weighted by molar-refractivity contribution is 0.0600. The first kappa shape index (κ1) is 19.1. The van der Waals surface area contributed by atoms with E-state index >= 15 is 0 Å². The topological polar surface area (TPSA) is 101 Å². The number of carbonyl (C=O) groups excluding carboxylic acids is 1. The predicted molar refractivity (Wildman–Crippen MR) is 103 cm³/mol. The Morgan fingerprint density at radius 3 is 2.56 bits per heavy atom. The highest BCUT2D eigenvalue weighted by molar-refractivity contribution is 7.91. The normalized spacial score (nSPS) is 18.1. The maximum Gasteiger partial charge on any atom is 0.337 e. The molecule has 9 heteroatoms. The van der Waals surface area contributed by atoms with Crippen molar-refractivity contribution < 1.29 is 17.9 Å². The van der Waals surface area contributed by atoms with E-state index in [0.717, 1.165) is 5.69 Å². The van der Waals surface area contributed by atoms with E-state index in [2.05, 4.69) is 20.0 Å². The summed E-state index contributed by atoms with van der Waals surface area (Å²) in [5.74, 6) is 1.80. The molecule has 0 saturated carbocycles. The third-order valence-electron chi connectivity index (χ3n) is 4.52. The quantitative estimate of drug-likeness (QED) is 0.773. The van der Waals surface area contributed by atoms with Crippen molar-refractivity contribution in [3.63, 3.8) is 0 Å². The van der Waals surface area contributed by atoms with Crippen LogP contribution in [0.25, 0.3) is 0 Å². The molecule has 1 fully saturated rings. The summed E-state index contributed by atoms with van der Waals surface area (Å²) < 4.78 is 28.2. The minimum absolute atomic E-state index is 0.0866. The van der Waals surface area contributed by atoms with Gasteiger partial charge in [0.05, 0.1) is 24.2 Å². The Morgan fingerprint density at radius 1 is 1.26 bits per heavy atom. The van der Waals surface area contributed by atoms with Gasteiger partial charge in [-0.15, -0.1) is 0 Å². The number of nitrogens with zero attached hydrogens (tertiary/aromatic N) is 3. The number of rotatable bonds is 5. The fraction of sp³-hybridized carbons (Fsp3) is 0.389. The van der Waals surface area contributed by atoms with Crippen molar-refractivity contribution >= 4 is 33.1 Å². The smallest absolute Gasteiger partial charge is 0.337 e. The second kappa shape index (κ2) is 7.51. The van der Waals surface area contributed by atoms with Gasteiger partial charge in [-0.1, -0.05) is 0 Å². The number of aryl methyl sites for hydroxylation is 1. The van der Waals surface area contributed by atoms with Crippen LogP contribution in [0.5, 0.6) is 0 Å². The Morgan fingerprint density at radius 2 is 1.96 bits per heavy atom. The molecule has 1 aliphatic heterocycles. The van der Waals surface area contributed by atoms with E-state index in [1.165, 1.54) is 7.11 Å². The van der Waals surface area contributed by atoms with Gasteiger partial charge in [-0.05, 0) is 37.6 Å². The summed E-state index contributed by atoms with van der Waals surface area (Å²) in [4.78, 5) is 22.2. The molecule has 2 aromatic rings. The van der Waals surface area contributed by atoms with Gasteiger partial charge in [-0.3, -0.25) is 0 Å². The van der Waals surface area contributed by atoms with Crippen LogP contribution in [0.3, 0.4) is 0 Å². The van der Waals surface area contributed by atoms with E-state index in [1.807, 2.05) is 11.9 Å². The van der Waals surface area contributed by atoms with Crippen molar-refractivity contribution in [2.24, 2.45) is 0 Å². The molecule has 27 heavy (non-hydrogen) atoms. The summed E-state index contributed by atoms with van der Waals surface area (Å²) in [6, 6.07) is 8.55. The highest BCUT2D eigenvalue weighted by Gasteiger charge is 2.31. The number of hydrogen-bond acceptors (Lipinski definition) is 8. The van der Waals surface area contributed by atoms with Gasteiger partial charge in [0.2, 0.25) is 0 Å². The zero-order valence-electron chi connectivity index (χ0n) is 15.5. The van der Waals surface area contributed by atoms with Crippen LogP contribution in [0, 0.1) is 6.92 Å². The van der Waals surface area contributed by atoms with Crippen LogP contribution in [-0.4, -0.2) is 56.1 Å². The summed E-state index contributed by atoms with van der Waals surface area (Å²) in [6.45, 7) is 1.79. The molecular formula is C18H22N4O4S. The molecule has 0 radical (unpaired) electrons. The number of esters is 1. The maximum atomic E-state index is 11.7. The Hall–Kier alpha value is -2.68. The highest BCUT2D eigenvalue weighted by atomic mass is 32.2. The molecule has 8 nitrogen and oxygen atoms in total. The van der Waals surface area contributed by atoms with E-state index in [-0.39, 0.29) is 17.5 Å². The fourth-order valence-corrected chi connectivity index (χ4v) is 4.79. The lowest BCUT2D eigenvalue weighted by Crippen LogP contribution is -2.33. The Kier molecular flexibility index (Phi) is 5.31. The molecular weight excluding hydrogens is 368 g/mol. The van der Waals surface area contributed by atoms with Crippen molar-refractivity contribution in [1.29, 1.82) is 0 Å². The number of carbonyl (C=O) groups is 1. The van der Waals surface area contributed by atoms with Crippen molar-refractivity contribution in [1.82, 2.24) is 9.97 Å². The number of hydrogen-bond donors (Lipinski definition) is 1. The van der Waals surface area contributed by atoms with E-state index in [4.69, 9.17) is 0 Å². The van der Waals surface area contributed by atoms with Gasteiger partial charge in [-0.25, -0.2) is 23.2 Å². The molecule has 1 saturated heterocycles. The minimum atomic E-state index is -2.97. The molecule has 0 aliphatic carbocycles.